The molecule has 0 fully saturated rings. The number of nitrogens with two attached hydrogens (primary N) is 1. The van der Waals surface area contributed by atoms with Crippen LogP contribution in [0.2, 0.25) is 0 Å². The van der Waals surface area contributed by atoms with Crippen molar-refractivity contribution in [2.45, 2.75) is 12.5 Å². The van der Waals surface area contributed by atoms with Crippen LogP contribution in [-0.2, 0) is 9.53 Å². The summed E-state index contributed by atoms with van der Waals surface area (Å²) in [4.78, 5) is 23.3. The van der Waals surface area contributed by atoms with Gasteiger partial charge in [0.1, 0.15) is 6.04 Å². The molecule has 1 aromatic rings. The molecule has 0 aliphatic carbocycles. The first kappa shape index (κ1) is 15.0. The maximum absolute atomic E-state index is 11.6. The second-order valence-corrected chi connectivity index (χ2v) is 3.79. The van der Waals surface area contributed by atoms with Gasteiger partial charge in [-0.15, -0.1) is 23.7 Å². The van der Waals surface area contributed by atoms with E-state index in [2.05, 4.69) is 10.2 Å². The largest absolute Gasteiger partial charge is 0.468 e. The maximum Gasteiger partial charge on any atom is 0.324 e. The molecule has 0 aliphatic rings. The summed E-state index contributed by atoms with van der Waals surface area (Å²) >= 11 is 1.33. The van der Waals surface area contributed by atoms with Gasteiger partial charge in [-0.2, -0.15) is 0 Å². The van der Waals surface area contributed by atoms with Crippen molar-refractivity contribution in [2.24, 2.45) is 5.84 Å². The summed E-state index contributed by atoms with van der Waals surface area (Å²) in [7, 11) is 1.25. The lowest BCUT2D eigenvalue weighted by atomic mass is 10.1. The van der Waals surface area contributed by atoms with Crippen LogP contribution in [0, 0.1) is 0 Å². The summed E-state index contributed by atoms with van der Waals surface area (Å²) < 4.78 is 4.49. The summed E-state index contributed by atoms with van der Waals surface area (Å²) in [5.41, 5.74) is 2.25. The van der Waals surface area contributed by atoms with Crippen LogP contribution >= 0.6 is 23.7 Å². The smallest absolute Gasteiger partial charge is 0.324 e. The van der Waals surface area contributed by atoms with Crippen molar-refractivity contribution in [3.63, 3.8) is 0 Å². The van der Waals surface area contributed by atoms with Gasteiger partial charge in [0, 0.05) is 6.42 Å². The van der Waals surface area contributed by atoms with Crippen LogP contribution in [0.3, 0.4) is 0 Å². The van der Waals surface area contributed by atoms with Crippen molar-refractivity contribution >= 4 is 35.5 Å². The second-order valence-electron chi connectivity index (χ2n) is 2.85. The molecule has 16 heavy (non-hydrogen) atoms. The molecule has 3 N–H and O–H groups in total. The van der Waals surface area contributed by atoms with Gasteiger partial charge in [0.15, 0.2) is 5.78 Å². The number of carbonyl (C=O) groups excluding carboxylic acids is 2. The summed E-state index contributed by atoms with van der Waals surface area (Å²) in [6, 6.07) is 2.70. The van der Waals surface area contributed by atoms with Crippen LogP contribution in [0.15, 0.2) is 17.5 Å². The predicted molar refractivity (Wildman–Crippen MR) is 63.6 cm³/mol. The highest BCUT2D eigenvalue weighted by atomic mass is 35.5. The number of ketones is 1. The minimum Gasteiger partial charge on any atom is -0.468 e. The van der Waals surface area contributed by atoms with Gasteiger partial charge in [0.2, 0.25) is 0 Å². The summed E-state index contributed by atoms with van der Waals surface area (Å²) in [6.45, 7) is 0. The molecule has 0 spiro atoms. The zero-order chi connectivity index (χ0) is 11.3. The second kappa shape index (κ2) is 7.34. The lowest BCUT2D eigenvalue weighted by molar-refractivity contribution is -0.143. The van der Waals surface area contributed by atoms with Crippen molar-refractivity contribution in [3.05, 3.63) is 22.4 Å². The Labute approximate surface area is 103 Å². The van der Waals surface area contributed by atoms with Crippen LogP contribution < -0.4 is 11.3 Å². The minimum atomic E-state index is -0.787. The van der Waals surface area contributed by atoms with Gasteiger partial charge in [-0.05, 0) is 11.4 Å². The SMILES string of the molecule is COC(=O)C(CC(=O)c1cccs1)NN.Cl. The fourth-order valence-corrected chi connectivity index (χ4v) is 1.75. The molecule has 0 aromatic carbocycles. The molecule has 0 radical (unpaired) electrons. The molecule has 0 bridgehead atoms. The van der Waals surface area contributed by atoms with E-state index in [1.807, 2.05) is 0 Å². The fraction of sp³-hybridized carbons (Fsp3) is 0.333. The van der Waals surface area contributed by atoms with Gasteiger partial charge in [-0.3, -0.25) is 15.4 Å². The number of thiophene rings is 1. The van der Waals surface area contributed by atoms with Gasteiger partial charge in [0.25, 0.3) is 0 Å². The van der Waals surface area contributed by atoms with E-state index >= 15 is 0 Å². The zero-order valence-corrected chi connectivity index (χ0v) is 10.3. The molecule has 0 saturated heterocycles. The van der Waals surface area contributed by atoms with Crippen LogP contribution in [-0.4, -0.2) is 24.9 Å². The summed E-state index contributed by atoms with van der Waals surface area (Å²) in [5.74, 6) is 4.49. The first-order valence-electron chi connectivity index (χ1n) is 4.29. The van der Waals surface area contributed by atoms with E-state index in [-0.39, 0.29) is 24.6 Å². The predicted octanol–water partition coefficient (Wildman–Crippen LogP) is 0.748. The lowest BCUT2D eigenvalue weighted by Crippen LogP contribution is -2.43. The Hall–Kier alpha value is -0.950. The molecule has 90 valence electrons. The molecule has 1 atom stereocenters. The number of hydrazine groups is 1. The van der Waals surface area contributed by atoms with Crippen molar-refractivity contribution in [1.82, 2.24) is 5.43 Å². The molecule has 0 saturated carbocycles. The van der Waals surface area contributed by atoms with Crippen LogP contribution in [0.5, 0.6) is 0 Å². The molecule has 7 heteroatoms. The zero-order valence-electron chi connectivity index (χ0n) is 8.64. The van der Waals surface area contributed by atoms with Crippen molar-refractivity contribution in [2.75, 3.05) is 7.11 Å². The van der Waals surface area contributed by atoms with E-state index in [1.54, 1.807) is 17.5 Å². The number of ether oxygens (including phenoxy) is 1. The number of nitrogens with one attached hydrogen (secondary N) is 1. The van der Waals surface area contributed by atoms with Crippen molar-refractivity contribution in [1.29, 1.82) is 0 Å². The van der Waals surface area contributed by atoms with Crippen molar-refractivity contribution in [3.8, 4) is 0 Å². The van der Waals surface area contributed by atoms with E-state index in [4.69, 9.17) is 5.84 Å². The van der Waals surface area contributed by atoms with Gasteiger partial charge < -0.3 is 4.74 Å². The standard InChI is InChI=1S/C9H12N2O3S.ClH/c1-14-9(13)6(11-10)5-7(12)8-3-2-4-15-8;/h2-4,6,11H,5,10H2,1H3;1H. The Kier molecular flexibility index (Phi) is 6.91. The number of hydrogen-bond acceptors (Lipinski definition) is 6. The summed E-state index contributed by atoms with van der Waals surface area (Å²) in [6.07, 6.45) is 0.00366. The quantitative estimate of drug-likeness (QED) is 0.355. The summed E-state index contributed by atoms with van der Waals surface area (Å²) in [5, 5.41) is 1.80. The number of methoxy groups -OCH3 is 1. The van der Waals surface area contributed by atoms with Gasteiger partial charge >= 0.3 is 5.97 Å². The van der Waals surface area contributed by atoms with Crippen LogP contribution in [0.4, 0.5) is 0 Å². The molecular weight excluding hydrogens is 252 g/mol. The molecular formula is C9H13ClN2O3S. The highest BCUT2D eigenvalue weighted by Crippen LogP contribution is 2.12. The Morgan fingerprint density at radius 3 is 2.75 bits per heavy atom. The van der Waals surface area contributed by atoms with Crippen molar-refractivity contribution < 1.29 is 14.3 Å². The van der Waals surface area contributed by atoms with E-state index < -0.39 is 12.0 Å². The van der Waals surface area contributed by atoms with Crippen LogP contribution in [0.1, 0.15) is 16.1 Å². The van der Waals surface area contributed by atoms with Gasteiger partial charge in [-0.1, -0.05) is 6.07 Å². The third kappa shape index (κ3) is 3.90. The first-order valence-corrected chi connectivity index (χ1v) is 5.17. The first-order chi connectivity index (χ1) is 7.19. The number of halogens is 1. The Morgan fingerprint density at radius 1 is 1.62 bits per heavy atom. The molecule has 5 nitrogen and oxygen atoms in total. The highest BCUT2D eigenvalue weighted by Gasteiger charge is 2.22. The number of carbonyl (C=O) groups is 2. The third-order valence-electron chi connectivity index (χ3n) is 1.87. The van der Waals surface area contributed by atoms with E-state index in [9.17, 15) is 9.59 Å². The highest BCUT2D eigenvalue weighted by molar-refractivity contribution is 7.12. The van der Waals surface area contributed by atoms with E-state index in [0.29, 0.717) is 4.88 Å². The average Bonchev–Trinajstić information content (AvgIpc) is 2.77. The van der Waals surface area contributed by atoms with E-state index in [1.165, 1.54) is 18.4 Å². The number of Topliss-reactive ketones (excluding diaryl/α,β-unsaturated/α-hetero) is 1. The fourth-order valence-electron chi connectivity index (χ4n) is 1.08. The monoisotopic (exact) mass is 264 g/mol. The average molecular weight is 265 g/mol. The van der Waals surface area contributed by atoms with Crippen LogP contribution in [0.25, 0.3) is 0 Å². The Bertz CT molecular complexity index is 343. The Balaban J connectivity index is 0.00000225. The molecule has 1 heterocycles. The molecule has 0 aliphatic heterocycles. The number of rotatable bonds is 5. The molecule has 1 unspecified atom stereocenters. The topological polar surface area (TPSA) is 81.4 Å². The third-order valence-corrected chi connectivity index (χ3v) is 2.78. The number of hydrogen-bond donors (Lipinski definition) is 2. The van der Waals surface area contributed by atoms with Gasteiger partial charge in [0.05, 0.1) is 12.0 Å². The minimum absolute atomic E-state index is 0. The molecule has 1 rings (SSSR count). The number of esters is 1. The van der Waals surface area contributed by atoms with Gasteiger partial charge in [-0.25, -0.2) is 5.43 Å². The van der Waals surface area contributed by atoms with E-state index in [0.717, 1.165) is 0 Å². The molecule has 0 amide bonds. The normalized spacial score (nSPS) is 11.4. The Morgan fingerprint density at radius 2 is 2.31 bits per heavy atom. The lowest BCUT2D eigenvalue weighted by Gasteiger charge is -2.11. The maximum atomic E-state index is 11.6. The molecule has 1 aromatic heterocycles.